The third-order valence-corrected chi connectivity index (χ3v) is 3.78. The maximum Gasteiger partial charge on any atom is 0.256 e. The van der Waals surface area contributed by atoms with Crippen molar-refractivity contribution in [2.24, 2.45) is 0 Å². The molecule has 0 saturated carbocycles. The molecule has 0 aliphatic heterocycles. The largest absolute Gasteiger partial charge is 0.370 e. The van der Waals surface area contributed by atoms with Crippen LogP contribution in [0, 0.1) is 0 Å². The first-order chi connectivity index (χ1) is 11.3. The first kappa shape index (κ1) is 15.3. The second-order valence-corrected chi connectivity index (χ2v) is 5.22. The maximum absolute atomic E-state index is 4.68. The van der Waals surface area contributed by atoms with Crippen LogP contribution in [-0.4, -0.2) is 39.2 Å². The van der Waals surface area contributed by atoms with Crippen LogP contribution in [-0.2, 0) is 0 Å². The Kier molecular flexibility index (Phi) is 4.41. The van der Waals surface area contributed by atoms with Crippen molar-refractivity contribution in [3.63, 3.8) is 0 Å². The molecule has 0 aliphatic rings. The van der Waals surface area contributed by atoms with E-state index in [1.807, 2.05) is 36.4 Å². The minimum atomic E-state index is 0.615. The van der Waals surface area contributed by atoms with E-state index in [-0.39, 0.29) is 0 Å². The number of anilines is 2. The molecule has 3 aromatic rings. The average molecular weight is 310 g/mol. The number of rotatable bonds is 6. The van der Waals surface area contributed by atoms with Crippen molar-refractivity contribution in [1.29, 1.82) is 0 Å². The Hall–Kier alpha value is -2.63. The molecule has 6 heteroatoms. The Morgan fingerprint density at radius 2 is 1.78 bits per heavy atom. The first-order valence-corrected chi connectivity index (χ1v) is 8.08. The molecule has 0 amide bonds. The van der Waals surface area contributed by atoms with Gasteiger partial charge in [-0.25, -0.2) is 0 Å². The molecule has 3 rings (SSSR count). The van der Waals surface area contributed by atoms with E-state index in [4.69, 9.17) is 0 Å². The predicted molar refractivity (Wildman–Crippen MR) is 93.9 cm³/mol. The van der Waals surface area contributed by atoms with Crippen LogP contribution in [0.15, 0.2) is 36.4 Å². The van der Waals surface area contributed by atoms with Crippen molar-refractivity contribution < 1.29 is 0 Å². The van der Waals surface area contributed by atoms with Gasteiger partial charge in [-0.15, -0.1) is 5.10 Å². The number of nitrogens with one attached hydrogen (secondary N) is 1. The molecule has 23 heavy (non-hydrogen) atoms. The van der Waals surface area contributed by atoms with E-state index in [1.54, 1.807) is 4.52 Å². The lowest BCUT2D eigenvalue weighted by molar-refractivity contribution is 0.836. The molecule has 6 nitrogen and oxygen atoms in total. The monoisotopic (exact) mass is 310 g/mol. The quantitative estimate of drug-likeness (QED) is 0.758. The fraction of sp³-hybridized carbons (Fsp3) is 0.353. The van der Waals surface area contributed by atoms with E-state index in [0.717, 1.165) is 36.8 Å². The molecule has 0 saturated heterocycles. The molecule has 2 heterocycles. The molecule has 0 bridgehead atoms. The van der Waals surface area contributed by atoms with E-state index in [0.29, 0.717) is 11.6 Å². The van der Waals surface area contributed by atoms with E-state index in [9.17, 15) is 0 Å². The van der Waals surface area contributed by atoms with Crippen LogP contribution in [0.4, 0.5) is 11.6 Å². The summed E-state index contributed by atoms with van der Waals surface area (Å²) in [6.07, 6.45) is 0. The van der Waals surface area contributed by atoms with Gasteiger partial charge in [0.05, 0.1) is 0 Å². The van der Waals surface area contributed by atoms with Crippen LogP contribution < -0.4 is 10.2 Å². The highest BCUT2D eigenvalue weighted by Crippen LogP contribution is 2.22. The van der Waals surface area contributed by atoms with Gasteiger partial charge in [0.25, 0.3) is 5.78 Å². The Balaban J connectivity index is 2.14. The normalized spacial score (nSPS) is 10.9. The van der Waals surface area contributed by atoms with E-state index in [2.05, 4.69) is 46.1 Å². The molecule has 0 spiro atoms. The summed E-state index contributed by atoms with van der Waals surface area (Å²) in [7, 11) is 0. The van der Waals surface area contributed by atoms with Gasteiger partial charge in [-0.2, -0.15) is 14.5 Å². The zero-order chi connectivity index (χ0) is 16.2. The number of benzene rings is 1. The van der Waals surface area contributed by atoms with Gasteiger partial charge in [-0.3, -0.25) is 0 Å². The molecule has 0 aliphatic carbocycles. The lowest BCUT2D eigenvalue weighted by atomic mass is 10.2. The van der Waals surface area contributed by atoms with E-state index in [1.165, 1.54) is 0 Å². The molecule has 120 valence electrons. The minimum Gasteiger partial charge on any atom is -0.370 e. The van der Waals surface area contributed by atoms with Gasteiger partial charge in [-0.1, -0.05) is 30.3 Å². The second kappa shape index (κ2) is 6.64. The van der Waals surface area contributed by atoms with Gasteiger partial charge in [0.1, 0.15) is 11.6 Å². The molecular formula is C17H22N6. The van der Waals surface area contributed by atoms with Crippen molar-refractivity contribution in [3.05, 3.63) is 36.4 Å². The second-order valence-electron chi connectivity index (χ2n) is 5.22. The molecule has 0 fully saturated rings. The van der Waals surface area contributed by atoms with Crippen LogP contribution >= 0.6 is 0 Å². The zero-order valence-electron chi connectivity index (χ0n) is 13.8. The molecule has 2 aromatic heterocycles. The van der Waals surface area contributed by atoms with Crippen molar-refractivity contribution in [1.82, 2.24) is 19.6 Å². The van der Waals surface area contributed by atoms with E-state index < -0.39 is 0 Å². The zero-order valence-corrected chi connectivity index (χ0v) is 13.8. The summed E-state index contributed by atoms with van der Waals surface area (Å²) < 4.78 is 1.78. The van der Waals surface area contributed by atoms with Gasteiger partial charge in [0.2, 0.25) is 0 Å². The number of aromatic nitrogens is 4. The SMILES string of the molecule is CCNc1cc(N(CC)CC)nc2nc(-c3ccccc3)nn12. The van der Waals surface area contributed by atoms with Crippen molar-refractivity contribution in [3.8, 4) is 11.4 Å². The van der Waals surface area contributed by atoms with Gasteiger partial charge >= 0.3 is 0 Å². The van der Waals surface area contributed by atoms with Gasteiger partial charge < -0.3 is 10.2 Å². The highest BCUT2D eigenvalue weighted by molar-refractivity contribution is 5.61. The molecule has 1 N–H and O–H groups in total. The highest BCUT2D eigenvalue weighted by atomic mass is 15.4. The summed E-state index contributed by atoms with van der Waals surface area (Å²) in [5.74, 6) is 3.14. The van der Waals surface area contributed by atoms with Gasteiger partial charge in [-0.05, 0) is 20.8 Å². The van der Waals surface area contributed by atoms with Crippen LogP contribution in [0.3, 0.4) is 0 Å². The number of hydrogen-bond acceptors (Lipinski definition) is 5. The van der Waals surface area contributed by atoms with Gasteiger partial charge in [0.15, 0.2) is 5.82 Å². The lowest BCUT2D eigenvalue weighted by Gasteiger charge is -2.20. The summed E-state index contributed by atoms with van der Waals surface area (Å²) in [6, 6.07) is 12.0. The Morgan fingerprint density at radius 1 is 1.04 bits per heavy atom. The van der Waals surface area contributed by atoms with Crippen LogP contribution in [0.2, 0.25) is 0 Å². The van der Waals surface area contributed by atoms with Crippen molar-refractivity contribution in [2.75, 3.05) is 29.9 Å². The standard InChI is InChI=1S/C17H22N6/c1-4-18-14-12-15(22(5-2)6-3)19-17-20-16(21-23(14)17)13-10-8-7-9-11-13/h7-12,18H,4-6H2,1-3H3. The Bertz CT molecular complexity index is 776. The summed E-state index contributed by atoms with van der Waals surface area (Å²) in [5, 5.41) is 7.97. The fourth-order valence-corrected chi connectivity index (χ4v) is 2.58. The fourth-order valence-electron chi connectivity index (χ4n) is 2.58. The van der Waals surface area contributed by atoms with Crippen LogP contribution in [0.5, 0.6) is 0 Å². The smallest absolute Gasteiger partial charge is 0.256 e. The van der Waals surface area contributed by atoms with E-state index >= 15 is 0 Å². The summed E-state index contributed by atoms with van der Waals surface area (Å²) in [6.45, 7) is 8.95. The average Bonchev–Trinajstić information content (AvgIpc) is 3.02. The van der Waals surface area contributed by atoms with Gasteiger partial charge in [0, 0.05) is 31.3 Å². The Labute approximate surface area is 136 Å². The summed E-state index contributed by atoms with van der Waals surface area (Å²) in [5.41, 5.74) is 0.991. The maximum atomic E-state index is 4.68. The lowest BCUT2D eigenvalue weighted by Crippen LogP contribution is -2.23. The summed E-state index contributed by atoms with van der Waals surface area (Å²) in [4.78, 5) is 11.5. The highest BCUT2D eigenvalue weighted by Gasteiger charge is 2.14. The third kappa shape index (κ3) is 2.97. The van der Waals surface area contributed by atoms with Crippen LogP contribution in [0.25, 0.3) is 17.2 Å². The van der Waals surface area contributed by atoms with Crippen molar-refractivity contribution in [2.45, 2.75) is 20.8 Å². The third-order valence-electron chi connectivity index (χ3n) is 3.78. The molecular weight excluding hydrogens is 288 g/mol. The molecule has 0 atom stereocenters. The number of nitrogens with zero attached hydrogens (tertiary/aromatic N) is 5. The predicted octanol–water partition coefficient (Wildman–Crippen LogP) is 3.07. The number of fused-ring (bicyclic) bond motifs is 1. The van der Waals surface area contributed by atoms with Crippen LogP contribution in [0.1, 0.15) is 20.8 Å². The summed E-state index contributed by atoms with van der Waals surface area (Å²) >= 11 is 0. The number of hydrogen-bond donors (Lipinski definition) is 1. The topological polar surface area (TPSA) is 58.3 Å². The first-order valence-electron chi connectivity index (χ1n) is 8.08. The molecule has 0 unspecified atom stereocenters. The molecule has 1 aromatic carbocycles. The molecule has 0 radical (unpaired) electrons. The minimum absolute atomic E-state index is 0.615. The Morgan fingerprint density at radius 3 is 2.43 bits per heavy atom. The van der Waals surface area contributed by atoms with Crippen molar-refractivity contribution >= 4 is 17.4 Å².